The number of aromatic hydroxyl groups is 1. The summed E-state index contributed by atoms with van der Waals surface area (Å²) in [6.45, 7) is 3.53. The zero-order valence-corrected chi connectivity index (χ0v) is 14.5. The molecule has 0 bridgehead atoms. The Bertz CT molecular complexity index is 736. The third-order valence-corrected chi connectivity index (χ3v) is 6.08. The molecular formula is C17H23N3O5S. The van der Waals surface area contributed by atoms with Gasteiger partial charge in [-0.15, -0.1) is 11.8 Å². The summed E-state index contributed by atoms with van der Waals surface area (Å²) in [5.74, 6) is -1.94. The number of hydrogen-bond acceptors (Lipinski definition) is 6. The highest BCUT2D eigenvalue weighted by atomic mass is 32.2. The number of aliphatic carboxylic acids is 1. The molecule has 0 radical (unpaired) electrons. The number of carbonyl (C=O) groups is 3. The van der Waals surface area contributed by atoms with E-state index in [2.05, 4.69) is 5.32 Å². The molecule has 2 aliphatic rings. The van der Waals surface area contributed by atoms with E-state index in [0.717, 1.165) is 0 Å². The second-order valence-electron chi connectivity index (χ2n) is 6.65. The number of hydrogen-bond donors (Lipinski definition) is 4. The van der Waals surface area contributed by atoms with Crippen LogP contribution in [0.5, 0.6) is 5.75 Å². The Balaban J connectivity index is 0.00000243. The van der Waals surface area contributed by atoms with Crippen LogP contribution in [-0.2, 0) is 14.4 Å². The smallest absolute Gasteiger partial charge is 0.327 e. The van der Waals surface area contributed by atoms with Crippen molar-refractivity contribution in [3.05, 3.63) is 29.8 Å². The highest BCUT2D eigenvalue weighted by Gasteiger charge is 2.64. The van der Waals surface area contributed by atoms with Crippen LogP contribution >= 0.6 is 11.8 Å². The van der Waals surface area contributed by atoms with Crippen LogP contribution in [0.2, 0.25) is 0 Å². The third kappa shape index (κ3) is 3.12. The van der Waals surface area contributed by atoms with E-state index >= 15 is 0 Å². The lowest BCUT2D eigenvalue weighted by molar-refractivity contribution is -0.161. The van der Waals surface area contributed by atoms with Gasteiger partial charge >= 0.3 is 5.97 Å². The van der Waals surface area contributed by atoms with Gasteiger partial charge < -0.3 is 26.2 Å². The van der Waals surface area contributed by atoms with Gasteiger partial charge in [-0.1, -0.05) is 19.6 Å². The molecule has 2 amide bonds. The molecule has 5 N–H and O–H groups in total. The van der Waals surface area contributed by atoms with Crippen molar-refractivity contribution in [1.82, 2.24) is 10.2 Å². The van der Waals surface area contributed by atoms with Gasteiger partial charge in [0.25, 0.3) is 0 Å². The first-order chi connectivity index (χ1) is 11.6. The first-order valence-corrected chi connectivity index (χ1v) is 8.59. The van der Waals surface area contributed by atoms with Crippen molar-refractivity contribution in [2.24, 2.45) is 5.73 Å². The van der Waals surface area contributed by atoms with Gasteiger partial charge in [0.15, 0.2) is 0 Å². The van der Waals surface area contributed by atoms with Crippen molar-refractivity contribution < 1.29 is 24.6 Å². The van der Waals surface area contributed by atoms with Crippen molar-refractivity contribution in [3.63, 3.8) is 0 Å². The zero-order valence-electron chi connectivity index (χ0n) is 13.7. The second kappa shape index (κ2) is 6.81. The van der Waals surface area contributed by atoms with Gasteiger partial charge in [0, 0.05) is 4.75 Å². The van der Waals surface area contributed by atoms with Crippen molar-refractivity contribution in [2.45, 2.75) is 49.5 Å². The molecule has 4 atom stereocenters. The van der Waals surface area contributed by atoms with E-state index in [1.54, 1.807) is 13.8 Å². The van der Waals surface area contributed by atoms with Gasteiger partial charge in [-0.2, -0.15) is 0 Å². The third-order valence-electron chi connectivity index (χ3n) is 4.51. The number of nitrogens with zero attached hydrogens (tertiary/aromatic N) is 1. The van der Waals surface area contributed by atoms with E-state index in [4.69, 9.17) is 5.73 Å². The first kappa shape index (κ1) is 20.1. The monoisotopic (exact) mass is 381 g/mol. The topological polar surface area (TPSA) is 133 Å². The van der Waals surface area contributed by atoms with Gasteiger partial charge in [-0.05, 0) is 31.5 Å². The molecule has 0 saturated carbocycles. The van der Waals surface area contributed by atoms with E-state index in [0.29, 0.717) is 5.56 Å². The molecule has 2 heterocycles. The van der Waals surface area contributed by atoms with E-state index in [1.807, 2.05) is 0 Å². The number of benzene rings is 1. The van der Waals surface area contributed by atoms with Crippen molar-refractivity contribution in [1.29, 1.82) is 0 Å². The van der Waals surface area contributed by atoms with E-state index in [9.17, 15) is 24.6 Å². The molecule has 3 rings (SSSR count). The lowest BCUT2D eigenvalue weighted by atomic mass is 9.95. The second-order valence-corrected chi connectivity index (χ2v) is 8.42. The molecule has 8 nitrogen and oxygen atoms in total. The predicted molar refractivity (Wildman–Crippen MR) is 97.4 cm³/mol. The largest absolute Gasteiger partial charge is 0.508 e. The maximum absolute atomic E-state index is 12.3. The van der Waals surface area contributed by atoms with Crippen LogP contribution < -0.4 is 11.1 Å². The zero-order chi connectivity index (χ0) is 18.5. The average Bonchev–Trinajstić information content (AvgIpc) is 2.80. The highest BCUT2D eigenvalue weighted by molar-refractivity contribution is 8.01. The lowest BCUT2D eigenvalue weighted by Gasteiger charge is -2.43. The minimum Gasteiger partial charge on any atom is -0.508 e. The van der Waals surface area contributed by atoms with E-state index < -0.39 is 46.0 Å². The Hall–Kier alpha value is -2.26. The molecule has 2 aliphatic heterocycles. The fourth-order valence-corrected chi connectivity index (χ4v) is 4.85. The van der Waals surface area contributed by atoms with Crippen LogP contribution in [-0.4, -0.2) is 55.1 Å². The number of phenols is 1. The summed E-state index contributed by atoms with van der Waals surface area (Å²) in [6.07, 6.45) is 0. The Labute approximate surface area is 155 Å². The molecule has 2 saturated heterocycles. The Morgan fingerprint density at radius 3 is 2.42 bits per heavy atom. The van der Waals surface area contributed by atoms with Gasteiger partial charge in [0.1, 0.15) is 29.2 Å². The number of β-lactam (4-membered cyclic amide) rings is 1. The maximum Gasteiger partial charge on any atom is 0.327 e. The summed E-state index contributed by atoms with van der Waals surface area (Å²) in [6, 6.07) is 3.21. The summed E-state index contributed by atoms with van der Waals surface area (Å²) in [5.41, 5.74) is 6.41. The van der Waals surface area contributed by atoms with E-state index in [-0.39, 0.29) is 13.2 Å². The highest BCUT2D eigenvalue weighted by Crippen LogP contribution is 2.50. The Morgan fingerprint density at radius 1 is 1.31 bits per heavy atom. The molecule has 1 aromatic carbocycles. The van der Waals surface area contributed by atoms with Crippen LogP contribution in [0.15, 0.2) is 24.3 Å². The number of amides is 2. The van der Waals surface area contributed by atoms with Gasteiger partial charge in [0.05, 0.1) is 0 Å². The number of phenolic OH excluding ortho intramolecular Hbond substituents is 1. The number of rotatable bonds is 4. The van der Waals surface area contributed by atoms with Crippen molar-refractivity contribution in [3.8, 4) is 5.75 Å². The molecule has 2 fully saturated rings. The van der Waals surface area contributed by atoms with Gasteiger partial charge in [0.2, 0.25) is 11.8 Å². The SMILES string of the molecule is C.CC1(C)SC2[C@H](NC(=O)C(N)c3ccc(O)cc3)C(=O)N2[C@H]1C(=O)O. The Kier molecular flexibility index (Phi) is 5.25. The van der Waals surface area contributed by atoms with E-state index in [1.165, 1.54) is 40.9 Å². The van der Waals surface area contributed by atoms with Crippen LogP contribution in [0.25, 0.3) is 0 Å². The summed E-state index contributed by atoms with van der Waals surface area (Å²) >= 11 is 1.35. The molecule has 26 heavy (non-hydrogen) atoms. The van der Waals surface area contributed by atoms with Crippen molar-refractivity contribution in [2.75, 3.05) is 0 Å². The van der Waals surface area contributed by atoms with Crippen LogP contribution in [0.4, 0.5) is 0 Å². The number of fused-ring (bicyclic) bond motifs is 1. The number of carboxylic acid groups (broad SMARTS) is 1. The molecule has 142 valence electrons. The fraction of sp³-hybridized carbons (Fsp3) is 0.471. The first-order valence-electron chi connectivity index (χ1n) is 7.71. The summed E-state index contributed by atoms with van der Waals surface area (Å²) in [7, 11) is 0. The molecule has 9 heteroatoms. The molecule has 0 aliphatic carbocycles. The quantitative estimate of drug-likeness (QED) is 0.563. The fourth-order valence-electron chi connectivity index (χ4n) is 3.22. The van der Waals surface area contributed by atoms with Gasteiger partial charge in [-0.25, -0.2) is 4.79 Å². The summed E-state index contributed by atoms with van der Waals surface area (Å²) in [5, 5.41) is 20.9. The van der Waals surface area contributed by atoms with Crippen LogP contribution in [0.3, 0.4) is 0 Å². The lowest BCUT2D eigenvalue weighted by Crippen LogP contribution is -2.71. The number of thioether (sulfide) groups is 1. The van der Waals surface area contributed by atoms with Crippen molar-refractivity contribution >= 4 is 29.5 Å². The minimum absolute atomic E-state index is 0. The van der Waals surface area contributed by atoms with Crippen LogP contribution in [0.1, 0.15) is 32.9 Å². The number of carboxylic acids is 1. The molecule has 0 aromatic heterocycles. The minimum atomic E-state index is -1.06. The number of carbonyl (C=O) groups excluding carboxylic acids is 2. The average molecular weight is 381 g/mol. The molecule has 1 aromatic rings. The number of nitrogens with one attached hydrogen (secondary N) is 1. The van der Waals surface area contributed by atoms with Crippen LogP contribution in [0, 0.1) is 0 Å². The Morgan fingerprint density at radius 2 is 1.88 bits per heavy atom. The summed E-state index contributed by atoms with van der Waals surface area (Å²) in [4.78, 5) is 37.5. The standard InChI is InChI=1S/C16H19N3O5S.CH4/c1-16(2)11(15(23)24)19-13(22)10(14(19)25-16)18-12(21)9(17)7-3-5-8(20)6-4-7;/h3-6,9-11,14,20H,17H2,1-2H3,(H,18,21)(H,23,24);1H4/t9?,10-,11+,14?;/m1./s1. The van der Waals surface area contributed by atoms with Gasteiger partial charge in [-0.3, -0.25) is 9.59 Å². The summed E-state index contributed by atoms with van der Waals surface area (Å²) < 4.78 is -0.648. The molecular weight excluding hydrogens is 358 g/mol. The normalized spacial score (nSPS) is 27.0. The maximum atomic E-state index is 12.3. The predicted octanol–water partition coefficient (Wildman–Crippen LogP) is 0.660. The molecule has 0 spiro atoms. The number of nitrogens with two attached hydrogens (primary N) is 1. The molecule has 2 unspecified atom stereocenters.